The predicted octanol–water partition coefficient (Wildman–Crippen LogP) is 3.80. The third-order valence-electron chi connectivity index (χ3n) is 3.29. The van der Waals surface area contributed by atoms with Crippen molar-refractivity contribution in [1.29, 1.82) is 0 Å². The van der Waals surface area contributed by atoms with Gasteiger partial charge >= 0.3 is 0 Å². The Labute approximate surface area is 126 Å². The second-order valence-corrected chi connectivity index (χ2v) is 4.98. The van der Waals surface area contributed by atoms with Gasteiger partial charge in [0.2, 0.25) is 0 Å². The summed E-state index contributed by atoms with van der Waals surface area (Å²) < 4.78 is 19.6. The first-order chi connectivity index (χ1) is 10.1. The fourth-order valence-electron chi connectivity index (χ4n) is 2.25. The lowest BCUT2D eigenvalue weighted by molar-refractivity contribution is 0.0188. The number of benzene rings is 2. The third kappa shape index (κ3) is 2.46. The van der Waals surface area contributed by atoms with Crippen LogP contribution in [0.5, 0.6) is 0 Å². The molecule has 108 valence electrons. The summed E-state index contributed by atoms with van der Waals surface area (Å²) >= 11 is 5.77. The maximum atomic E-state index is 14.0. The van der Waals surface area contributed by atoms with Crippen LogP contribution in [0.2, 0.25) is 5.02 Å². The molecule has 2 aromatic rings. The van der Waals surface area contributed by atoms with Crippen molar-refractivity contribution in [3.8, 4) is 0 Å². The van der Waals surface area contributed by atoms with Crippen LogP contribution < -0.4 is 10.6 Å². The molecule has 0 saturated heterocycles. The number of nitrogens with one attached hydrogen (secondary N) is 2. The lowest BCUT2D eigenvalue weighted by Crippen LogP contribution is -2.39. The maximum absolute atomic E-state index is 14.0. The number of anilines is 2. The Morgan fingerprint density at radius 3 is 2.86 bits per heavy atom. The molecule has 0 aliphatic carbocycles. The van der Waals surface area contributed by atoms with E-state index in [4.69, 9.17) is 16.3 Å². The molecule has 1 aliphatic heterocycles. The minimum absolute atomic E-state index is 0.259. The highest BCUT2D eigenvalue weighted by atomic mass is 35.5. The quantitative estimate of drug-likeness (QED) is 0.848. The number of hydrogen-bond donors (Lipinski definition) is 2. The molecule has 3 rings (SSSR count). The van der Waals surface area contributed by atoms with E-state index in [1.807, 2.05) is 24.3 Å². The van der Waals surface area contributed by atoms with Crippen LogP contribution in [0.3, 0.4) is 0 Å². The summed E-state index contributed by atoms with van der Waals surface area (Å²) in [5, 5.41) is 6.37. The van der Waals surface area contributed by atoms with Gasteiger partial charge in [0.05, 0.1) is 17.6 Å². The Balaban J connectivity index is 2.05. The highest BCUT2D eigenvalue weighted by Gasteiger charge is 2.36. The summed E-state index contributed by atoms with van der Waals surface area (Å²) in [6, 6.07) is 11.9. The number of hydrogen-bond acceptors (Lipinski definition) is 4. The molecule has 6 heteroatoms. The average Bonchev–Trinajstić information content (AvgIpc) is 2.50. The second-order valence-electron chi connectivity index (χ2n) is 4.55. The van der Waals surface area contributed by atoms with Gasteiger partial charge in [0.25, 0.3) is 5.85 Å². The number of aliphatic imine (C=N–C) groups is 1. The first kappa shape index (κ1) is 13.9. The largest absolute Gasteiger partial charge is 0.346 e. The van der Waals surface area contributed by atoms with Gasteiger partial charge in [0.1, 0.15) is 5.82 Å². The molecule has 2 aromatic carbocycles. The van der Waals surface area contributed by atoms with Gasteiger partial charge in [-0.05, 0) is 30.3 Å². The Kier molecular flexibility index (Phi) is 3.53. The molecule has 0 bridgehead atoms. The number of para-hydroxylation sites is 1. The lowest BCUT2D eigenvalue weighted by Gasteiger charge is -2.34. The van der Waals surface area contributed by atoms with Crippen LogP contribution in [0.15, 0.2) is 47.5 Å². The zero-order valence-electron chi connectivity index (χ0n) is 11.2. The summed E-state index contributed by atoms with van der Waals surface area (Å²) in [6.07, 6.45) is 1.52. The van der Waals surface area contributed by atoms with Crippen molar-refractivity contribution < 1.29 is 9.13 Å². The van der Waals surface area contributed by atoms with E-state index >= 15 is 0 Å². The minimum Gasteiger partial charge on any atom is -0.346 e. The molecule has 4 nitrogen and oxygen atoms in total. The fourth-order valence-corrected chi connectivity index (χ4v) is 2.41. The smallest absolute Gasteiger partial charge is 0.267 e. The van der Waals surface area contributed by atoms with Crippen LogP contribution in [-0.2, 0) is 10.6 Å². The van der Waals surface area contributed by atoms with E-state index in [0.29, 0.717) is 5.02 Å². The SMILES string of the molecule is COC1(Nc2ccc(Cl)cc2F)N=CNc2ccccc21. The van der Waals surface area contributed by atoms with Crippen molar-refractivity contribution >= 4 is 29.3 Å². The maximum Gasteiger partial charge on any atom is 0.267 e. The van der Waals surface area contributed by atoms with Crippen molar-refractivity contribution in [2.45, 2.75) is 5.85 Å². The van der Waals surface area contributed by atoms with Crippen LogP contribution >= 0.6 is 11.6 Å². The van der Waals surface area contributed by atoms with E-state index in [0.717, 1.165) is 11.3 Å². The van der Waals surface area contributed by atoms with E-state index in [1.54, 1.807) is 12.1 Å². The van der Waals surface area contributed by atoms with Crippen molar-refractivity contribution in [2.75, 3.05) is 17.7 Å². The molecule has 2 N–H and O–H groups in total. The van der Waals surface area contributed by atoms with Gasteiger partial charge < -0.3 is 15.4 Å². The molecule has 1 heterocycles. The summed E-state index contributed by atoms with van der Waals surface area (Å²) in [5.41, 5.74) is 1.87. The van der Waals surface area contributed by atoms with Gasteiger partial charge in [0.15, 0.2) is 0 Å². The lowest BCUT2D eigenvalue weighted by atomic mass is 10.1. The topological polar surface area (TPSA) is 45.6 Å². The molecule has 0 aromatic heterocycles. The number of nitrogens with zero attached hydrogens (tertiary/aromatic N) is 1. The standard InChI is InChI=1S/C15H13ClFN3O/c1-21-15(20-14-7-6-10(16)8-12(14)17)11-4-2-3-5-13(11)18-9-19-15/h2-9,20H,1H3,(H,18,19). The molecule has 0 spiro atoms. The van der Waals surface area contributed by atoms with Crippen molar-refractivity contribution in [2.24, 2.45) is 4.99 Å². The van der Waals surface area contributed by atoms with E-state index < -0.39 is 11.7 Å². The third-order valence-corrected chi connectivity index (χ3v) is 3.52. The zero-order chi connectivity index (χ0) is 14.9. The highest BCUT2D eigenvalue weighted by molar-refractivity contribution is 6.30. The van der Waals surface area contributed by atoms with Crippen molar-refractivity contribution in [3.63, 3.8) is 0 Å². The van der Waals surface area contributed by atoms with Gasteiger partial charge in [-0.25, -0.2) is 9.38 Å². The van der Waals surface area contributed by atoms with E-state index in [-0.39, 0.29) is 5.69 Å². The molecule has 1 unspecified atom stereocenters. The summed E-state index contributed by atoms with van der Waals surface area (Å²) in [4.78, 5) is 4.31. The number of halogens is 2. The summed E-state index contributed by atoms with van der Waals surface area (Å²) in [6.45, 7) is 0. The Bertz CT molecular complexity index is 707. The number of rotatable bonds is 3. The average molecular weight is 306 g/mol. The summed E-state index contributed by atoms with van der Waals surface area (Å²) in [5.74, 6) is -1.65. The molecule has 1 atom stereocenters. The number of ether oxygens (including phenoxy) is 1. The van der Waals surface area contributed by atoms with Crippen LogP contribution in [0, 0.1) is 5.82 Å². The zero-order valence-corrected chi connectivity index (χ0v) is 12.0. The van der Waals surface area contributed by atoms with Gasteiger partial charge in [0, 0.05) is 17.8 Å². The van der Waals surface area contributed by atoms with Crippen LogP contribution in [0.4, 0.5) is 15.8 Å². The minimum atomic E-state index is -1.18. The van der Waals surface area contributed by atoms with E-state index in [2.05, 4.69) is 15.6 Å². The highest BCUT2D eigenvalue weighted by Crippen LogP contribution is 2.36. The monoisotopic (exact) mass is 305 g/mol. The molecule has 21 heavy (non-hydrogen) atoms. The molecule has 0 saturated carbocycles. The van der Waals surface area contributed by atoms with Crippen molar-refractivity contribution in [1.82, 2.24) is 0 Å². The van der Waals surface area contributed by atoms with E-state index in [1.165, 1.54) is 19.5 Å². The molecule has 0 radical (unpaired) electrons. The van der Waals surface area contributed by atoms with Gasteiger partial charge in [-0.3, -0.25) is 0 Å². The predicted molar refractivity (Wildman–Crippen MR) is 82.3 cm³/mol. The van der Waals surface area contributed by atoms with E-state index in [9.17, 15) is 4.39 Å². The van der Waals surface area contributed by atoms with Crippen LogP contribution in [-0.4, -0.2) is 13.4 Å². The Morgan fingerprint density at radius 2 is 2.10 bits per heavy atom. The van der Waals surface area contributed by atoms with Crippen molar-refractivity contribution in [3.05, 3.63) is 58.9 Å². The molecule has 0 amide bonds. The molecular weight excluding hydrogens is 293 g/mol. The molecule has 0 fully saturated rings. The normalized spacial score (nSPS) is 19.8. The number of methoxy groups -OCH3 is 1. The summed E-state index contributed by atoms with van der Waals surface area (Å²) in [7, 11) is 1.51. The first-order valence-electron chi connectivity index (χ1n) is 6.33. The van der Waals surface area contributed by atoms with Gasteiger partial charge in [-0.15, -0.1) is 0 Å². The molecule has 1 aliphatic rings. The van der Waals surface area contributed by atoms with Gasteiger partial charge in [-0.2, -0.15) is 0 Å². The number of fused-ring (bicyclic) bond motifs is 1. The Morgan fingerprint density at radius 1 is 1.29 bits per heavy atom. The van der Waals surface area contributed by atoms with Crippen LogP contribution in [0.25, 0.3) is 0 Å². The Hall–Kier alpha value is -2.11. The molecular formula is C15H13ClFN3O. The van der Waals surface area contributed by atoms with Crippen LogP contribution in [0.1, 0.15) is 5.56 Å². The second kappa shape index (κ2) is 5.35. The first-order valence-corrected chi connectivity index (χ1v) is 6.70. The van der Waals surface area contributed by atoms with Gasteiger partial charge in [-0.1, -0.05) is 23.7 Å². The fraction of sp³-hybridized carbons (Fsp3) is 0.133.